The zero-order valence-electron chi connectivity index (χ0n) is 14.4. The summed E-state index contributed by atoms with van der Waals surface area (Å²) in [6, 6.07) is 13.8. The Morgan fingerprint density at radius 2 is 1.92 bits per heavy atom. The Morgan fingerprint density at radius 1 is 1.15 bits per heavy atom. The molecule has 6 heteroatoms. The molecule has 0 bridgehead atoms. The molecule has 0 aliphatic carbocycles. The van der Waals surface area contributed by atoms with Crippen molar-refractivity contribution >= 4 is 11.0 Å². The van der Waals surface area contributed by atoms with Gasteiger partial charge >= 0.3 is 0 Å². The molecule has 0 spiro atoms. The number of benzene rings is 2. The quantitative estimate of drug-likeness (QED) is 0.766. The number of rotatable bonds is 5. The van der Waals surface area contributed by atoms with Crippen LogP contribution in [0.3, 0.4) is 0 Å². The minimum Gasteiger partial charge on any atom is -0.486 e. The van der Waals surface area contributed by atoms with E-state index < -0.39 is 0 Å². The highest BCUT2D eigenvalue weighted by Gasteiger charge is 2.18. The smallest absolute Gasteiger partial charge is 0.163 e. The molecule has 1 aliphatic rings. The fourth-order valence-corrected chi connectivity index (χ4v) is 3.28. The summed E-state index contributed by atoms with van der Waals surface area (Å²) in [5, 5.41) is 9.40. The number of nitriles is 1. The number of hydrogen-bond donors (Lipinski definition) is 1. The van der Waals surface area contributed by atoms with Gasteiger partial charge in [-0.3, -0.25) is 0 Å². The van der Waals surface area contributed by atoms with Crippen LogP contribution in [0.15, 0.2) is 36.4 Å². The van der Waals surface area contributed by atoms with Crippen LogP contribution in [0.2, 0.25) is 0 Å². The van der Waals surface area contributed by atoms with Gasteiger partial charge in [-0.15, -0.1) is 0 Å². The van der Waals surface area contributed by atoms with E-state index in [2.05, 4.69) is 10.6 Å². The van der Waals surface area contributed by atoms with E-state index in [-0.39, 0.29) is 0 Å². The predicted molar refractivity (Wildman–Crippen MR) is 98.4 cm³/mol. The summed E-state index contributed by atoms with van der Waals surface area (Å²) < 4.78 is 13.6. The molecule has 26 heavy (non-hydrogen) atoms. The number of nitrogens with two attached hydrogens (primary N) is 1. The first-order valence-corrected chi connectivity index (χ1v) is 8.77. The van der Waals surface area contributed by atoms with Crippen LogP contribution in [0.4, 0.5) is 0 Å². The molecule has 0 atom stereocenters. The Balaban J connectivity index is 1.83. The number of ether oxygens (including phenoxy) is 2. The fourth-order valence-electron chi connectivity index (χ4n) is 3.28. The van der Waals surface area contributed by atoms with Crippen molar-refractivity contribution in [3.63, 3.8) is 0 Å². The number of aryl methyl sites for hydroxylation is 1. The average Bonchev–Trinajstić information content (AvgIpc) is 3.01. The van der Waals surface area contributed by atoms with Gasteiger partial charge in [-0.25, -0.2) is 4.98 Å². The number of hydrogen-bond acceptors (Lipinski definition) is 5. The summed E-state index contributed by atoms with van der Waals surface area (Å²) in [7, 11) is 0. The van der Waals surface area contributed by atoms with E-state index in [1.165, 1.54) is 0 Å². The second-order valence-corrected chi connectivity index (χ2v) is 6.26. The van der Waals surface area contributed by atoms with Crippen molar-refractivity contribution in [2.24, 2.45) is 5.73 Å². The maximum atomic E-state index is 9.40. The molecule has 0 radical (unpaired) electrons. The third kappa shape index (κ3) is 2.98. The van der Waals surface area contributed by atoms with Crippen molar-refractivity contribution in [2.75, 3.05) is 19.8 Å². The molecular formula is C20H20N4O2. The Hall–Kier alpha value is -3.04. The van der Waals surface area contributed by atoms with Crippen molar-refractivity contribution in [1.82, 2.24) is 9.55 Å². The maximum absolute atomic E-state index is 9.40. The molecular weight excluding hydrogens is 328 g/mol. The predicted octanol–water partition coefficient (Wildman–Crippen LogP) is 2.62. The zero-order valence-corrected chi connectivity index (χ0v) is 14.4. The maximum Gasteiger partial charge on any atom is 0.163 e. The largest absolute Gasteiger partial charge is 0.486 e. The second-order valence-electron chi connectivity index (χ2n) is 6.26. The lowest BCUT2D eigenvalue weighted by molar-refractivity contribution is 0.172. The first-order valence-electron chi connectivity index (χ1n) is 8.77. The molecule has 2 aromatic carbocycles. The van der Waals surface area contributed by atoms with Gasteiger partial charge < -0.3 is 19.8 Å². The standard InChI is InChI=1S/C20H20N4O2/c21-7-3-6-20-23-16-10-18-19(26-9-8-25-18)11-17(16)24(20)13-15-5-2-1-4-14(15)12-22/h1-2,4-5,10-11H,3,6-9,13,21H2. The van der Waals surface area contributed by atoms with E-state index in [1.54, 1.807) is 0 Å². The van der Waals surface area contributed by atoms with Crippen LogP contribution >= 0.6 is 0 Å². The van der Waals surface area contributed by atoms with Gasteiger partial charge in [0.1, 0.15) is 19.0 Å². The van der Waals surface area contributed by atoms with Gasteiger partial charge in [0.25, 0.3) is 0 Å². The lowest BCUT2D eigenvalue weighted by Crippen LogP contribution is -2.15. The van der Waals surface area contributed by atoms with E-state index in [1.807, 2.05) is 36.4 Å². The summed E-state index contributed by atoms with van der Waals surface area (Å²) in [5.74, 6) is 2.43. The minimum atomic E-state index is 0.546. The van der Waals surface area contributed by atoms with E-state index >= 15 is 0 Å². The Labute approximate surface area is 151 Å². The molecule has 4 rings (SSSR count). The summed E-state index contributed by atoms with van der Waals surface area (Å²) >= 11 is 0. The summed E-state index contributed by atoms with van der Waals surface area (Å²) in [6.07, 6.45) is 1.64. The van der Waals surface area contributed by atoms with E-state index in [0.29, 0.717) is 31.9 Å². The first-order chi connectivity index (χ1) is 12.8. The molecule has 6 nitrogen and oxygen atoms in total. The first kappa shape index (κ1) is 16.4. The average molecular weight is 348 g/mol. The van der Waals surface area contributed by atoms with Gasteiger partial charge in [0.15, 0.2) is 11.5 Å². The van der Waals surface area contributed by atoms with E-state index in [4.69, 9.17) is 20.2 Å². The fraction of sp³-hybridized carbons (Fsp3) is 0.300. The van der Waals surface area contributed by atoms with Gasteiger partial charge in [-0.2, -0.15) is 5.26 Å². The number of imidazole rings is 1. The monoisotopic (exact) mass is 348 g/mol. The summed E-state index contributed by atoms with van der Waals surface area (Å²) in [5.41, 5.74) is 9.20. The van der Waals surface area contributed by atoms with Gasteiger partial charge in [-0.05, 0) is 24.6 Å². The molecule has 2 N–H and O–H groups in total. The van der Waals surface area contributed by atoms with Gasteiger partial charge in [0.2, 0.25) is 0 Å². The second kappa shape index (κ2) is 7.06. The highest BCUT2D eigenvalue weighted by atomic mass is 16.6. The summed E-state index contributed by atoms with van der Waals surface area (Å²) in [6.45, 7) is 2.29. The Bertz CT molecular complexity index is 987. The normalized spacial score (nSPS) is 12.9. The lowest BCUT2D eigenvalue weighted by Gasteiger charge is -2.18. The molecule has 0 unspecified atom stereocenters. The molecule has 1 aliphatic heterocycles. The minimum absolute atomic E-state index is 0.546. The van der Waals surface area contributed by atoms with Crippen molar-refractivity contribution in [3.05, 3.63) is 53.3 Å². The van der Waals surface area contributed by atoms with Crippen LogP contribution < -0.4 is 15.2 Å². The third-order valence-corrected chi connectivity index (χ3v) is 4.56. The number of nitrogens with zero attached hydrogens (tertiary/aromatic N) is 3. The van der Waals surface area contributed by atoms with Gasteiger partial charge in [0.05, 0.1) is 29.2 Å². The number of aromatic nitrogens is 2. The van der Waals surface area contributed by atoms with Crippen molar-refractivity contribution < 1.29 is 9.47 Å². The van der Waals surface area contributed by atoms with E-state index in [9.17, 15) is 5.26 Å². The highest BCUT2D eigenvalue weighted by molar-refractivity contribution is 5.81. The zero-order chi connectivity index (χ0) is 17.9. The molecule has 0 amide bonds. The van der Waals surface area contributed by atoms with Gasteiger partial charge in [0, 0.05) is 18.6 Å². The SMILES string of the molecule is N#Cc1ccccc1Cn1c(CCCN)nc2cc3c(cc21)OCCO3. The van der Waals surface area contributed by atoms with Crippen LogP contribution in [0.1, 0.15) is 23.4 Å². The molecule has 0 saturated carbocycles. The molecule has 2 heterocycles. The van der Waals surface area contributed by atoms with Crippen LogP contribution in [-0.2, 0) is 13.0 Å². The highest BCUT2D eigenvalue weighted by Crippen LogP contribution is 2.35. The Morgan fingerprint density at radius 3 is 2.69 bits per heavy atom. The van der Waals surface area contributed by atoms with Crippen LogP contribution in [0.25, 0.3) is 11.0 Å². The molecule has 1 aromatic heterocycles. The molecule has 0 saturated heterocycles. The topological polar surface area (TPSA) is 86.1 Å². The third-order valence-electron chi connectivity index (χ3n) is 4.56. The molecule has 132 valence electrons. The number of fused-ring (bicyclic) bond motifs is 2. The van der Waals surface area contributed by atoms with Gasteiger partial charge in [-0.1, -0.05) is 18.2 Å². The molecule has 0 fully saturated rings. The van der Waals surface area contributed by atoms with Crippen LogP contribution in [0.5, 0.6) is 11.5 Å². The lowest BCUT2D eigenvalue weighted by atomic mass is 10.1. The summed E-state index contributed by atoms with van der Waals surface area (Å²) in [4.78, 5) is 4.80. The van der Waals surface area contributed by atoms with Crippen LogP contribution in [0, 0.1) is 11.3 Å². The van der Waals surface area contributed by atoms with Crippen molar-refractivity contribution in [3.8, 4) is 17.6 Å². The Kier molecular flexibility index (Phi) is 4.46. The van der Waals surface area contributed by atoms with Crippen LogP contribution in [-0.4, -0.2) is 29.3 Å². The van der Waals surface area contributed by atoms with Crippen molar-refractivity contribution in [2.45, 2.75) is 19.4 Å². The van der Waals surface area contributed by atoms with E-state index in [0.717, 1.165) is 46.8 Å². The van der Waals surface area contributed by atoms with Crippen molar-refractivity contribution in [1.29, 1.82) is 5.26 Å². The molecule has 3 aromatic rings.